The Labute approximate surface area is 117 Å². The first kappa shape index (κ1) is 16.0. The number of hydrogen-bond acceptors (Lipinski definition) is 5. The lowest BCUT2D eigenvalue weighted by Crippen LogP contribution is -2.04. The SMILES string of the molecule is CCC(=O)OCCCc1cc(OP)c(O)c(OP)c1. The van der Waals surface area contributed by atoms with Crippen LogP contribution in [0.4, 0.5) is 0 Å². The zero-order chi connectivity index (χ0) is 14.3. The number of aryl methyl sites for hydroxylation is 1. The summed E-state index contributed by atoms with van der Waals surface area (Å²) in [5, 5.41) is 9.74. The number of ether oxygens (including phenoxy) is 1. The van der Waals surface area contributed by atoms with Gasteiger partial charge >= 0.3 is 5.97 Å². The molecule has 1 rings (SSSR count). The Kier molecular flexibility index (Phi) is 6.90. The number of aromatic hydroxyl groups is 1. The number of carbonyl (C=O) groups is 1. The van der Waals surface area contributed by atoms with E-state index in [4.69, 9.17) is 13.8 Å². The van der Waals surface area contributed by atoms with Crippen LogP contribution in [0.25, 0.3) is 0 Å². The average Bonchev–Trinajstić information content (AvgIpc) is 2.44. The van der Waals surface area contributed by atoms with Gasteiger partial charge < -0.3 is 18.9 Å². The molecule has 1 aromatic carbocycles. The summed E-state index contributed by atoms with van der Waals surface area (Å²) in [6.07, 6.45) is 1.78. The molecule has 0 radical (unpaired) electrons. The van der Waals surface area contributed by atoms with Gasteiger partial charge in [-0.1, -0.05) is 6.92 Å². The maximum absolute atomic E-state index is 11.0. The molecule has 0 bridgehead atoms. The molecule has 0 saturated heterocycles. The third kappa shape index (κ3) is 4.85. The van der Waals surface area contributed by atoms with Gasteiger partial charge in [-0.3, -0.25) is 4.79 Å². The second-order valence-corrected chi connectivity index (χ2v) is 4.33. The summed E-state index contributed by atoms with van der Waals surface area (Å²) in [6, 6.07) is 3.44. The number of hydrogen-bond donors (Lipinski definition) is 1. The van der Waals surface area contributed by atoms with Gasteiger partial charge in [-0.15, -0.1) is 0 Å². The summed E-state index contributed by atoms with van der Waals surface area (Å²) in [7, 11) is 4.16. The molecule has 1 N–H and O–H groups in total. The van der Waals surface area contributed by atoms with Crippen molar-refractivity contribution in [3.05, 3.63) is 17.7 Å². The van der Waals surface area contributed by atoms with Gasteiger partial charge in [0.1, 0.15) is 0 Å². The van der Waals surface area contributed by atoms with E-state index in [1.807, 2.05) is 0 Å². The standard InChI is InChI=1S/C12H18O5P2/c1-2-11(13)15-5-3-4-8-6-9(16-18)12(14)10(7-8)17-19/h6-7,14H,2-5,18-19H2,1H3. The summed E-state index contributed by atoms with van der Waals surface area (Å²) in [6.45, 7) is 2.13. The van der Waals surface area contributed by atoms with Crippen LogP contribution < -0.4 is 9.05 Å². The molecule has 0 spiro atoms. The van der Waals surface area contributed by atoms with E-state index >= 15 is 0 Å². The molecular weight excluding hydrogens is 286 g/mol. The molecule has 0 saturated carbocycles. The maximum atomic E-state index is 11.0. The van der Waals surface area contributed by atoms with E-state index < -0.39 is 0 Å². The van der Waals surface area contributed by atoms with Crippen molar-refractivity contribution < 1.29 is 23.7 Å². The molecule has 0 aliphatic carbocycles. The first-order chi connectivity index (χ1) is 9.12. The Morgan fingerprint density at radius 3 is 2.32 bits per heavy atom. The van der Waals surface area contributed by atoms with Crippen molar-refractivity contribution in [2.75, 3.05) is 6.61 Å². The maximum Gasteiger partial charge on any atom is 0.305 e. The first-order valence-electron chi connectivity index (χ1n) is 5.87. The van der Waals surface area contributed by atoms with Gasteiger partial charge in [0.25, 0.3) is 0 Å². The van der Waals surface area contributed by atoms with Crippen molar-refractivity contribution in [2.45, 2.75) is 26.2 Å². The molecule has 7 heteroatoms. The van der Waals surface area contributed by atoms with E-state index in [1.165, 1.54) is 0 Å². The molecule has 0 aromatic heterocycles. The van der Waals surface area contributed by atoms with Crippen LogP contribution in [0.3, 0.4) is 0 Å². The van der Waals surface area contributed by atoms with Gasteiger partial charge in [0.15, 0.2) is 11.5 Å². The molecule has 19 heavy (non-hydrogen) atoms. The molecule has 106 valence electrons. The van der Waals surface area contributed by atoms with Gasteiger partial charge in [-0.05, 0) is 30.5 Å². The molecule has 1 aromatic rings. The zero-order valence-corrected chi connectivity index (χ0v) is 13.0. The van der Waals surface area contributed by atoms with Crippen LogP contribution in [-0.4, -0.2) is 17.7 Å². The average molecular weight is 304 g/mol. The number of esters is 1. The minimum Gasteiger partial charge on any atom is -0.502 e. The van der Waals surface area contributed by atoms with Gasteiger partial charge in [0.05, 0.1) is 25.5 Å². The van der Waals surface area contributed by atoms with Gasteiger partial charge in [0.2, 0.25) is 5.75 Å². The fourth-order valence-corrected chi connectivity index (χ4v) is 1.88. The van der Waals surface area contributed by atoms with Crippen LogP contribution in [0.1, 0.15) is 25.3 Å². The highest BCUT2D eigenvalue weighted by Gasteiger charge is 2.11. The van der Waals surface area contributed by atoms with E-state index in [0.717, 1.165) is 5.56 Å². The van der Waals surface area contributed by atoms with Crippen LogP contribution in [-0.2, 0) is 16.0 Å². The Balaban J connectivity index is 2.61. The van der Waals surface area contributed by atoms with E-state index in [0.29, 0.717) is 37.4 Å². The summed E-state index contributed by atoms with van der Waals surface area (Å²) in [5.41, 5.74) is 0.931. The normalized spacial score (nSPS) is 10.1. The molecule has 5 nitrogen and oxygen atoms in total. The highest BCUT2D eigenvalue weighted by molar-refractivity contribution is 7.10. The third-order valence-corrected chi connectivity index (χ3v) is 3.02. The molecule has 0 heterocycles. The van der Waals surface area contributed by atoms with Crippen LogP contribution in [0.2, 0.25) is 0 Å². The van der Waals surface area contributed by atoms with Crippen LogP contribution in [0.15, 0.2) is 12.1 Å². The fourth-order valence-electron chi connectivity index (χ4n) is 1.52. The smallest absolute Gasteiger partial charge is 0.305 e. The van der Waals surface area contributed by atoms with Crippen LogP contribution in [0.5, 0.6) is 17.2 Å². The summed E-state index contributed by atoms with van der Waals surface area (Å²) in [4.78, 5) is 11.0. The lowest BCUT2D eigenvalue weighted by molar-refractivity contribution is -0.143. The summed E-state index contributed by atoms with van der Waals surface area (Å²) >= 11 is 0. The van der Waals surface area contributed by atoms with E-state index in [1.54, 1.807) is 19.1 Å². The second-order valence-electron chi connectivity index (χ2n) is 3.85. The topological polar surface area (TPSA) is 65.0 Å². The van der Waals surface area contributed by atoms with Crippen molar-refractivity contribution in [3.63, 3.8) is 0 Å². The largest absolute Gasteiger partial charge is 0.502 e. The lowest BCUT2D eigenvalue weighted by atomic mass is 10.1. The van der Waals surface area contributed by atoms with Gasteiger partial charge in [0, 0.05) is 6.42 Å². The van der Waals surface area contributed by atoms with Crippen LogP contribution >= 0.6 is 18.9 Å². The number of phenolic OH excluding ortho intramolecular Hbond substituents is 1. The number of rotatable bonds is 7. The quantitative estimate of drug-likeness (QED) is 0.476. The van der Waals surface area contributed by atoms with Crippen molar-refractivity contribution >= 4 is 24.9 Å². The number of phenols is 1. The minimum atomic E-state index is -0.200. The van der Waals surface area contributed by atoms with Crippen molar-refractivity contribution in [3.8, 4) is 17.2 Å². The monoisotopic (exact) mass is 304 g/mol. The van der Waals surface area contributed by atoms with E-state index in [2.05, 4.69) is 18.9 Å². The molecular formula is C12H18O5P2. The molecule has 0 fully saturated rings. The Morgan fingerprint density at radius 2 is 1.84 bits per heavy atom. The predicted octanol–water partition coefficient (Wildman–Crippen LogP) is 2.62. The Hall–Kier alpha value is -1.05. The molecule has 0 amide bonds. The summed E-state index contributed by atoms with van der Waals surface area (Å²) < 4.78 is 15.0. The van der Waals surface area contributed by atoms with Gasteiger partial charge in [-0.25, -0.2) is 0 Å². The van der Waals surface area contributed by atoms with E-state index in [-0.39, 0.29) is 11.7 Å². The Bertz CT molecular complexity index is 411. The lowest BCUT2D eigenvalue weighted by Gasteiger charge is -2.11. The zero-order valence-electron chi connectivity index (χ0n) is 10.7. The Morgan fingerprint density at radius 1 is 1.26 bits per heavy atom. The van der Waals surface area contributed by atoms with Crippen LogP contribution in [0, 0.1) is 0 Å². The third-order valence-electron chi connectivity index (χ3n) is 2.52. The van der Waals surface area contributed by atoms with E-state index in [9.17, 15) is 9.90 Å². The number of carbonyl (C=O) groups excluding carboxylic acids is 1. The highest BCUT2D eigenvalue weighted by atomic mass is 31.0. The van der Waals surface area contributed by atoms with Crippen molar-refractivity contribution in [1.82, 2.24) is 0 Å². The highest BCUT2D eigenvalue weighted by Crippen LogP contribution is 2.39. The predicted molar refractivity (Wildman–Crippen MR) is 78.4 cm³/mol. The second kappa shape index (κ2) is 8.19. The fraction of sp³-hybridized carbons (Fsp3) is 0.417. The summed E-state index contributed by atoms with van der Waals surface area (Å²) in [5.74, 6) is 0.399. The molecule has 0 aliphatic rings. The van der Waals surface area contributed by atoms with Crippen molar-refractivity contribution in [2.24, 2.45) is 0 Å². The molecule has 2 unspecified atom stereocenters. The molecule has 2 atom stereocenters. The first-order valence-corrected chi connectivity index (χ1v) is 6.81. The van der Waals surface area contributed by atoms with Gasteiger partial charge in [-0.2, -0.15) is 0 Å². The van der Waals surface area contributed by atoms with Crippen molar-refractivity contribution in [1.29, 1.82) is 0 Å². The molecule has 0 aliphatic heterocycles. The number of benzene rings is 1. The minimum absolute atomic E-state index is 0.0499.